The Labute approximate surface area is 141 Å². The van der Waals surface area contributed by atoms with Crippen LogP contribution in [0.5, 0.6) is 11.5 Å². The van der Waals surface area contributed by atoms with Gasteiger partial charge in [0.15, 0.2) is 11.5 Å². The van der Waals surface area contributed by atoms with E-state index in [1.807, 2.05) is 24.3 Å². The molecule has 0 saturated carbocycles. The number of carbonyl (C=O) groups excluding carboxylic acids is 1. The fourth-order valence-electron chi connectivity index (χ4n) is 2.89. The van der Waals surface area contributed by atoms with E-state index in [9.17, 15) is 9.59 Å². The number of benzene rings is 1. The molecule has 1 amide bonds. The molecule has 0 spiro atoms. The number of nitrogens with zero attached hydrogens (tertiary/aromatic N) is 1. The normalized spacial score (nSPS) is 21.1. The van der Waals surface area contributed by atoms with Gasteiger partial charge in [0, 0.05) is 6.54 Å². The van der Waals surface area contributed by atoms with E-state index in [1.54, 1.807) is 19.1 Å². The summed E-state index contributed by atoms with van der Waals surface area (Å²) in [5.74, 6) is 0.209. The van der Waals surface area contributed by atoms with E-state index in [0.717, 1.165) is 0 Å². The minimum absolute atomic E-state index is 0.0608. The van der Waals surface area contributed by atoms with Crippen molar-refractivity contribution < 1.29 is 24.2 Å². The fourth-order valence-corrected chi connectivity index (χ4v) is 2.89. The van der Waals surface area contributed by atoms with Crippen LogP contribution in [-0.4, -0.2) is 61.8 Å². The van der Waals surface area contributed by atoms with Crippen molar-refractivity contribution in [2.24, 2.45) is 5.92 Å². The molecule has 1 fully saturated rings. The Kier molecular flexibility index (Phi) is 6.43. The molecule has 132 valence electrons. The number of methoxy groups -OCH3 is 1. The minimum atomic E-state index is -0.832. The van der Waals surface area contributed by atoms with Gasteiger partial charge in [0.1, 0.15) is 12.6 Å². The topological polar surface area (TPSA) is 88.1 Å². The average Bonchev–Trinajstić information content (AvgIpc) is 2.58. The number of likely N-dealkylation sites (N-methyl/N-ethyl adjacent to an activating group) is 1. The third kappa shape index (κ3) is 4.61. The lowest BCUT2D eigenvalue weighted by Crippen LogP contribution is -2.49. The summed E-state index contributed by atoms with van der Waals surface area (Å²) in [4.78, 5) is 25.0. The number of carboxylic acid groups (broad SMARTS) is 1. The first kappa shape index (κ1) is 18.1. The molecule has 1 saturated heterocycles. The van der Waals surface area contributed by atoms with Gasteiger partial charge >= 0.3 is 5.97 Å². The Balaban J connectivity index is 1.73. The molecule has 2 rings (SSSR count). The van der Waals surface area contributed by atoms with Crippen LogP contribution in [0, 0.1) is 5.92 Å². The van der Waals surface area contributed by atoms with Gasteiger partial charge in [-0.05, 0) is 32.0 Å². The smallest absolute Gasteiger partial charge is 0.320 e. The summed E-state index contributed by atoms with van der Waals surface area (Å²) in [6, 6.07) is 6.83. The number of amides is 1. The summed E-state index contributed by atoms with van der Waals surface area (Å²) in [6.45, 7) is 1.18. The predicted molar refractivity (Wildman–Crippen MR) is 88.3 cm³/mol. The van der Waals surface area contributed by atoms with Crippen LogP contribution in [0.2, 0.25) is 0 Å². The second-order valence-corrected chi connectivity index (χ2v) is 5.86. The zero-order chi connectivity index (χ0) is 17.5. The monoisotopic (exact) mass is 336 g/mol. The fraction of sp³-hybridized carbons (Fsp3) is 0.529. The molecule has 1 aliphatic heterocycles. The summed E-state index contributed by atoms with van der Waals surface area (Å²) in [6.07, 6.45) is 1.07. The van der Waals surface area contributed by atoms with Crippen molar-refractivity contribution in [2.45, 2.75) is 18.9 Å². The quantitative estimate of drug-likeness (QED) is 0.722. The summed E-state index contributed by atoms with van der Waals surface area (Å²) in [5, 5.41) is 11.9. The summed E-state index contributed by atoms with van der Waals surface area (Å²) in [7, 11) is 3.32. The largest absolute Gasteiger partial charge is 0.493 e. The highest BCUT2D eigenvalue weighted by Gasteiger charge is 2.33. The number of ether oxygens (including phenoxy) is 2. The number of para-hydroxylation sites is 2. The molecular weight excluding hydrogens is 312 g/mol. The lowest BCUT2D eigenvalue weighted by atomic mass is 9.92. The Morgan fingerprint density at radius 1 is 1.29 bits per heavy atom. The van der Waals surface area contributed by atoms with Crippen LogP contribution in [0.4, 0.5) is 0 Å². The molecule has 7 nitrogen and oxygen atoms in total. The maximum Gasteiger partial charge on any atom is 0.320 e. The van der Waals surface area contributed by atoms with E-state index >= 15 is 0 Å². The molecule has 0 radical (unpaired) electrons. The molecule has 2 N–H and O–H groups in total. The highest BCUT2D eigenvalue weighted by Crippen LogP contribution is 2.25. The molecule has 1 aliphatic rings. The van der Waals surface area contributed by atoms with Gasteiger partial charge in [-0.3, -0.25) is 14.5 Å². The second kappa shape index (κ2) is 8.54. The van der Waals surface area contributed by atoms with Crippen molar-refractivity contribution >= 4 is 11.9 Å². The van der Waals surface area contributed by atoms with Gasteiger partial charge in [0.25, 0.3) is 0 Å². The van der Waals surface area contributed by atoms with Gasteiger partial charge in [-0.2, -0.15) is 0 Å². The predicted octanol–water partition coefficient (Wildman–Crippen LogP) is 0.985. The molecule has 1 aromatic rings. The van der Waals surface area contributed by atoms with E-state index in [4.69, 9.17) is 14.6 Å². The molecular formula is C17H24N2O5. The summed E-state index contributed by atoms with van der Waals surface area (Å²) >= 11 is 0. The molecule has 0 aromatic heterocycles. The van der Waals surface area contributed by atoms with E-state index in [-0.39, 0.29) is 11.8 Å². The van der Waals surface area contributed by atoms with Crippen LogP contribution < -0.4 is 14.8 Å². The Morgan fingerprint density at radius 2 is 2.00 bits per heavy atom. The first-order valence-electron chi connectivity index (χ1n) is 7.99. The van der Waals surface area contributed by atoms with E-state index in [1.165, 1.54) is 0 Å². The SMILES string of the molecule is COc1ccccc1OCCNC(=O)C1CCC(C(=O)O)N(C)C1. The maximum absolute atomic E-state index is 12.2. The zero-order valence-corrected chi connectivity index (χ0v) is 14.0. The van der Waals surface area contributed by atoms with Crippen LogP contribution >= 0.6 is 0 Å². The first-order valence-corrected chi connectivity index (χ1v) is 7.99. The number of likely N-dealkylation sites (tertiary alicyclic amines) is 1. The number of hydrogen-bond donors (Lipinski definition) is 2. The van der Waals surface area contributed by atoms with E-state index in [0.29, 0.717) is 44.0 Å². The summed E-state index contributed by atoms with van der Waals surface area (Å²) < 4.78 is 10.8. The average molecular weight is 336 g/mol. The van der Waals surface area contributed by atoms with Gasteiger partial charge in [0.05, 0.1) is 19.6 Å². The van der Waals surface area contributed by atoms with Crippen LogP contribution in [0.15, 0.2) is 24.3 Å². The lowest BCUT2D eigenvalue weighted by Gasteiger charge is -2.33. The number of piperidine rings is 1. The van der Waals surface area contributed by atoms with Crippen molar-refractivity contribution in [2.75, 3.05) is 33.9 Å². The van der Waals surface area contributed by atoms with Gasteiger partial charge in [-0.1, -0.05) is 12.1 Å². The maximum atomic E-state index is 12.2. The van der Waals surface area contributed by atoms with E-state index < -0.39 is 12.0 Å². The molecule has 1 aromatic carbocycles. The van der Waals surface area contributed by atoms with Crippen LogP contribution in [0.3, 0.4) is 0 Å². The number of rotatable bonds is 7. The molecule has 7 heteroatoms. The van der Waals surface area contributed by atoms with Crippen molar-refractivity contribution in [3.63, 3.8) is 0 Å². The van der Waals surface area contributed by atoms with Crippen molar-refractivity contribution in [3.05, 3.63) is 24.3 Å². The van der Waals surface area contributed by atoms with Crippen molar-refractivity contribution in [3.8, 4) is 11.5 Å². The zero-order valence-electron chi connectivity index (χ0n) is 14.0. The number of carboxylic acids is 1. The minimum Gasteiger partial charge on any atom is -0.493 e. The van der Waals surface area contributed by atoms with E-state index in [2.05, 4.69) is 5.32 Å². The second-order valence-electron chi connectivity index (χ2n) is 5.86. The lowest BCUT2D eigenvalue weighted by molar-refractivity contribution is -0.146. The van der Waals surface area contributed by atoms with Gasteiger partial charge in [-0.25, -0.2) is 0 Å². The third-order valence-electron chi connectivity index (χ3n) is 4.21. The molecule has 2 atom stereocenters. The number of carbonyl (C=O) groups is 2. The summed E-state index contributed by atoms with van der Waals surface area (Å²) in [5.41, 5.74) is 0. The number of nitrogens with one attached hydrogen (secondary N) is 1. The molecule has 1 heterocycles. The van der Waals surface area contributed by atoms with Crippen molar-refractivity contribution in [1.82, 2.24) is 10.2 Å². The van der Waals surface area contributed by atoms with Crippen LogP contribution in [-0.2, 0) is 9.59 Å². The van der Waals surface area contributed by atoms with Gasteiger partial charge in [0.2, 0.25) is 5.91 Å². The van der Waals surface area contributed by atoms with Gasteiger partial charge < -0.3 is 19.9 Å². The Morgan fingerprint density at radius 3 is 2.62 bits per heavy atom. The molecule has 0 aliphatic carbocycles. The number of hydrogen-bond acceptors (Lipinski definition) is 5. The van der Waals surface area contributed by atoms with Crippen LogP contribution in [0.25, 0.3) is 0 Å². The standard InChI is InChI=1S/C17H24N2O5/c1-19-11-12(7-8-13(19)17(21)22)16(20)18-9-10-24-15-6-4-3-5-14(15)23-2/h3-6,12-13H,7-11H2,1-2H3,(H,18,20)(H,21,22). The number of aliphatic carboxylic acids is 1. The molecule has 24 heavy (non-hydrogen) atoms. The highest BCUT2D eigenvalue weighted by molar-refractivity contribution is 5.80. The highest BCUT2D eigenvalue weighted by atomic mass is 16.5. The molecule has 0 bridgehead atoms. The van der Waals surface area contributed by atoms with Crippen molar-refractivity contribution in [1.29, 1.82) is 0 Å². The Bertz CT molecular complexity index is 578. The molecule has 2 unspecified atom stereocenters. The first-order chi connectivity index (χ1) is 11.5. The van der Waals surface area contributed by atoms with Crippen LogP contribution in [0.1, 0.15) is 12.8 Å². The third-order valence-corrected chi connectivity index (χ3v) is 4.21. The Hall–Kier alpha value is -2.28. The van der Waals surface area contributed by atoms with Gasteiger partial charge in [-0.15, -0.1) is 0 Å².